The highest BCUT2D eigenvalue weighted by molar-refractivity contribution is 5.74. The summed E-state index contributed by atoms with van der Waals surface area (Å²) in [7, 11) is 1.69. The van der Waals surface area contributed by atoms with E-state index in [1.807, 2.05) is 24.4 Å². The van der Waals surface area contributed by atoms with Gasteiger partial charge in [-0.25, -0.2) is 4.98 Å². The monoisotopic (exact) mass is 405 g/mol. The summed E-state index contributed by atoms with van der Waals surface area (Å²) in [5.41, 5.74) is 3.96. The smallest absolute Gasteiger partial charge is 0.179 e. The van der Waals surface area contributed by atoms with Crippen molar-refractivity contribution in [2.24, 2.45) is 5.92 Å². The molecule has 3 atom stereocenters. The lowest BCUT2D eigenvalue weighted by Crippen LogP contribution is -2.11. The van der Waals surface area contributed by atoms with Gasteiger partial charge in [0.2, 0.25) is 0 Å². The fourth-order valence-corrected chi connectivity index (χ4v) is 4.75. The van der Waals surface area contributed by atoms with Crippen LogP contribution in [0.25, 0.3) is 16.8 Å². The molecule has 3 heterocycles. The molecule has 0 saturated heterocycles. The molecule has 1 fully saturated rings. The Balaban J connectivity index is 1.30. The summed E-state index contributed by atoms with van der Waals surface area (Å²) in [5.74, 6) is 2.81. The maximum atomic E-state index is 6.30. The van der Waals surface area contributed by atoms with Gasteiger partial charge in [0.25, 0.3) is 0 Å². The molecule has 5 rings (SSSR count). The Morgan fingerprint density at radius 1 is 1.13 bits per heavy atom. The summed E-state index contributed by atoms with van der Waals surface area (Å²) in [4.78, 5) is 7.62. The highest BCUT2D eigenvalue weighted by atomic mass is 16.5. The third kappa shape index (κ3) is 3.43. The van der Waals surface area contributed by atoms with E-state index in [0.29, 0.717) is 11.8 Å². The van der Waals surface area contributed by atoms with E-state index < -0.39 is 0 Å². The summed E-state index contributed by atoms with van der Waals surface area (Å²) in [6.07, 6.45) is 8.03. The molecule has 0 bridgehead atoms. The number of nitrogens with one attached hydrogen (secondary N) is 1. The van der Waals surface area contributed by atoms with Gasteiger partial charge in [-0.05, 0) is 48.9 Å². The van der Waals surface area contributed by atoms with E-state index in [-0.39, 0.29) is 6.10 Å². The third-order valence-electron chi connectivity index (χ3n) is 6.38. The third-order valence-corrected chi connectivity index (χ3v) is 6.38. The van der Waals surface area contributed by atoms with E-state index in [0.717, 1.165) is 60.7 Å². The lowest BCUT2D eigenvalue weighted by molar-refractivity contribution is 0.0570. The van der Waals surface area contributed by atoms with Gasteiger partial charge in [-0.3, -0.25) is 4.40 Å². The number of H-pyrrole nitrogens is 1. The van der Waals surface area contributed by atoms with Gasteiger partial charge in [-0.15, -0.1) is 10.2 Å². The van der Waals surface area contributed by atoms with Crippen LogP contribution in [0.3, 0.4) is 0 Å². The van der Waals surface area contributed by atoms with Crippen molar-refractivity contribution in [3.63, 3.8) is 0 Å². The molecule has 3 aromatic heterocycles. The average Bonchev–Trinajstić information content (AvgIpc) is 3.50. The molecule has 1 aliphatic rings. The number of hydrogen-bond acceptors (Lipinski definition) is 5. The quantitative estimate of drug-likeness (QED) is 0.500. The van der Waals surface area contributed by atoms with Crippen molar-refractivity contribution in [1.29, 1.82) is 0 Å². The van der Waals surface area contributed by atoms with Crippen molar-refractivity contribution in [3.05, 3.63) is 54.1 Å². The molecule has 0 spiro atoms. The van der Waals surface area contributed by atoms with E-state index >= 15 is 0 Å². The van der Waals surface area contributed by atoms with Crippen molar-refractivity contribution in [1.82, 2.24) is 24.6 Å². The number of fused-ring (bicyclic) bond motifs is 3. The van der Waals surface area contributed by atoms with Crippen molar-refractivity contribution >= 4 is 16.8 Å². The summed E-state index contributed by atoms with van der Waals surface area (Å²) in [6, 6.07) is 10.3. The molecule has 7 heteroatoms. The standard InChI is InChI=1S/C23H27N5O2/c1-3-16-12-18(30-11-9-15-4-6-17(29-2)7-5-15)13-19(16)23-27-26-21-14-25-22-20(28(21)23)8-10-24-22/h4-8,10,14,16,18-19,24H,3,9,11-13H2,1-2H3. The topological polar surface area (TPSA) is 77.3 Å². The second-order valence-electron chi connectivity index (χ2n) is 8.06. The first kappa shape index (κ1) is 19.1. The minimum Gasteiger partial charge on any atom is -0.497 e. The van der Waals surface area contributed by atoms with Crippen LogP contribution in [-0.2, 0) is 11.2 Å². The molecule has 30 heavy (non-hydrogen) atoms. The van der Waals surface area contributed by atoms with Crippen LogP contribution in [0.2, 0.25) is 0 Å². The number of hydrogen-bond donors (Lipinski definition) is 1. The van der Waals surface area contributed by atoms with Gasteiger partial charge >= 0.3 is 0 Å². The highest BCUT2D eigenvalue weighted by Gasteiger charge is 2.37. The zero-order valence-electron chi connectivity index (χ0n) is 17.4. The first-order chi connectivity index (χ1) is 14.8. The van der Waals surface area contributed by atoms with Crippen LogP contribution in [0.5, 0.6) is 5.75 Å². The number of nitrogens with zero attached hydrogens (tertiary/aromatic N) is 4. The molecule has 0 amide bonds. The Morgan fingerprint density at radius 3 is 2.80 bits per heavy atom. The van der Waals surface area contributed by atoms with E-state index in [1.165, 1.54) is 5.56 Å². The van der Waals surface area contributed by atoms with Gasteiger partial charge in [0.05, 0.1) is 31.5 Å². The first-order valence-corrected chi connectivity index (χ1v) is 10.7. The van der Waals surface area contributed by atoms with Crippen molar-refractivity contribution in [2.45, 2.75) is 44.6 Å². The number of benzene rings is 1. The molecule has 1 N–H and O–H groups in total. The predicted octanol–water partition coefficient (Wildman–Crippen LogP) is 4.15. The Kier molecular flexibility index (Phi) is 5.12. The summed E-state index contributed by atoms with van der Waals surface area (Å²) < 4.78 is 13.7. The zero-order chi connectivity index (χ0) is 20.5. The largest absolute Gasteiger partial charge is 0.497 e. The highest BCUT2D eigenvalue weighted by Crippen LogP contribution is 2.42. The summed E-state index contributed by atoms with van der Waals surface area (Å²) >= 11 is 0. The molecular weight excluding hydrogens is 378 g/mol. The SMILES string of the molecule is CCC1CC(OCCc2ccc(OC)cc2)CC1c1nnc2cnc3[nH]ccc3n12. The van der Waals surface area contributed by atoms with Crippen LogP contribution in [0.15, 0.2) is 42.7 Å². The van der Waals surface area contributed by atoms with Crippen LogP contribution in [0, 0.1) is 5.92 Å². The van der Waals surface area contributed by atoms with Crippen LogP contribution < -0.4 is 4.74 Å². The molecule has 3 unspecified atom stereocenters. The fourth-order valence-electron chi connectivity index (χ4n) is 4.75. The molecule has 4 aromatic rings. The maximum Gasteiger partial charge on any atom is 0.179 e. The normalized spacial score (nSPS) is 21.6. The summed E-state index contributed by atoms with van der Waals surface area (Å²) in [5, 5.41) is 8.96. The van der Waals surface area contributed by atoms with Crippen LogP contribution in [0.1, 0.15) is 43.5 Å². The molecule has 0 radical (unpaired) electrons. The Bertz CT molecular complexity index is 1130. The number of aromatic amines is 1. The maximum absolute atomic E-state index is 6.30. The lowest BCUT2D eigenvalue weighted by atomic mass is 9.93. The number of aromatic nitrogens is 5. The summed E-state index contributed by atoms with van der Waals surface area (Å²) in [6.45, 7) is 2.99. The van der Waals surface area contributed by atoms with Gasteiger partial charge in [-0.1, -0.05) is 25.5 Å². The molecule has 7 nitrogen and oxygen atoms in total. The van der Waals surface area contributed by atoms with Crippen molar-refractivity contribution in [3.8, 4) is 5.75 Å². The molecule has 1 aromatic carbocycles. The van der Waals surface area contributed by atoms with Gasteiger partial charge in [0.1, 0.15) is 11.6 Å². The van der Waals surface area contributed by atoms with Crippen LogP contribution >= 0.6 is 0 Å². The number of rotatable bonds is 7. The van der Waals surface area contributed by atoms with E-state index in [2.05, 4.69) is 43.6 Å². The van der Waals surface area contributed by atoms with E-state index in [1.54, 1.807) is 13.3 Å². The Labute approximate surface area is 175 Å². The van der Waals surface area contributed by atoms with Crippen molar-refractivity contribution in [2.75, 3.05) is 13.7 Å². The molecule has 156 valence electrons. The number of ether oxygens (including phenoxy) is 2. The van der Waals surface area contributed by atoms with E-state index in [4.69, 9.17) is 9.47 Å². The molecular formula is C23H27N5O2. The molecule has 1 aliphatic carbocycles. The van der Waals surface area contributed by atoms with Gasteiger partial charge < -0.3 is 14.5 Å². The van der Waals surface area contributed by atoms with Gasteiger partial charge in [0.15, 0.2) is 11.3 Å². The number of methoxy groups -OCH3 is 1. The Hall–Kier alpha value is -2.93. The lowest BCUT2D eigenvalue weighted by Gasteiger charge is -2.15. The van der Waals surface area contributed by atoms with Gasteiger partial charge in [0, 0.05) is 12.1 Å². The van der Waals surface area contributed by atoms with E-state index in [9.17, 15) is 0 Å². The second-order valence-corrected chi connectivity index (χ2v) is 8.06. The predicted molar refractivity (Wildman–Crippen MR) is 115 cm³/mol. The van der Waals surface area contributed by atoms with Crippen molar-refractivity contribution < 1.29 is 9.47 Å². The molecule has 1 saturated carbocycles. The van der Waals surface area contributed by atoms with Gasteiger partial charge in [-0.2, -0.15) is 0 Å². The Morgan fingerprint density at radius 2 is 2.00 bits per heavy atom. The zero-order valence-corrected chi connectivity index (χ0v) is 17.4. The average molecular weight is 406 g/mol. The second kappa shape index (κ2) is 8.07. The minimum atomic E-state index is 0.258. The van der Waals surface area contributed by atoms with Crippen LogP contribution in [0.4, 0.5) is 0 Å². The minimum absolute atomic E-state index is 0.258. The first-order valence-electron chi connectivity index (χ1n) is 10.7. The fraction of sp³-hybridized carbons (Fsp3) is 0.435. The molecule has 0 aliphatic heterocycles. The van der Waals surface area contributed by atoms with Crippen LogP contribution in [-0.4, -0.2) is 44.4 Å².